The molecule has 1 saturated heterocycles. The molecule has 1 saturated carbocycles. The van der Waals surface area contributed by atoms with Crippen molar-refractivity contribution in [2.24, 2.45) is 0 Å². The monoisotopic (exact) mass is 419 g/mol. The number of hydrogen-bond acceptors (Lipinski definition) is 5. The van der Waals surface area contributed by atoms with E-state index in [1.807, 2.05) is 4.90 Å². The lowest BCUT2D eigenvalue weighted by atomic mass is 10.1. The zero-order chi connectivity index (χ0) is 19.2. The number of piperazine rings is 1. The molecule has 1 heterocycles. The second-order valence-electron chi connectivity index (χ2n) is 6.95. The molecule has 28 heavy (non-hydrogen) atoms. The van der Waals surface area contributed by atoms with Gasteiger partial charge in [-0.15, -0.1) is 12.4 Å². The topological polar surface area (TPSA) is 54.0 Å². The first kappa shape index (κ1) is 22.6. The van der Waals surface area contributed by atoms with Gasteiger partial charge in [0.15, 0.2) is 11.5 Å². The summed E-state index contributed by atoms with van der Waals surface area (Å²) in [6, 6.07) is 5.50. The fraction of sp³-hybridized carbons (Fsp3) is 0.632. The first-order valence-corrected chi connectivity index (χ1v) is 9.41. The highest BCUT2D eigenvalue weighted by molar-refractivity contribution is 5.85. The molecule has 1 aliphatic heterocycles. The SMILES string of the molecule is COc1cc(CN(CCC(=O)N2CCNCC2)C2CC2)ccc1OC(F)F.Cl. The Balaban J connectivity index is 0.00000280. The van der Waals surface area contributed by atoms with Crippen molar-refractivity contribution in [1.82, 2.24) is 15.1 Å². The molecule has 0 radical (unpaired) electrons. The predicted molar refractivity (Wildman–Crippen MR) is 104 cm³/mol. The van der Waals surface area contributed by atoms with Crippen LogP contribution in [0.5, 0.6) is 11.5 Å². The normalized spacial score (nSPS) is 16.8. The molecule has 1 aliphatic carbocycles. The second-order valence-corrected chi connectivity index (χ2v) is 6.95. The van der Waals surface area contributed by atoms with Crippen LogP contribution >= 0.6 is 12.4 Å². The molecular formula is C19H28ClF2N3O3. The van der Waals surface area contributed by atoms with Crippen molar-refractivity contribution >= 4 is 18.3 Å². The van der Waals surface area contributed by atoms with Gasteiger partial charge in [-0.05, 0) is 30.5 Å². The van der Waals surface area contributed by atoms with Crippen LogP contribution in [0.15, 0.2) is 18.2 Å². The molecule has 0 aromatic heterocycles. The number of amides is 1. The minimum absolute atomic E-state index is 0. The first-order valence-electron chi connectivity index (χ1n) is 9.41. The molecule has 158 valence electrons. The van der Waals surface area contributed by atoms with Crippen molar-refractivity contribution < 1.29 is 23.0 Å². The zero-order valence-electron chi connectivity index (χ0n) is 16.0. The van der Waals surface area contributed by atoms with Crippen LogP contribution in [0.4, 0.5) is 8.78 Å². The van der Waals surface area contributed by atoms with Gasteiger partial charge in [-0.25, -0.2) is 0 Å². The van der Waals surface area contributed by atoms with E-state index in [2.05, 4.69) is 15.0 Å². The average Bonchev–Trinajstić information content (AvgIpc) is 3.51. The van der Waals surface area contributed by atoms with E-state index >= 15 is 0 Å². The van der Waals surface area contributed by atoms with Crippen LogP contribution in [0.2, 0.25) is 0 Å². The van der Waals surface area contributed by atoms with Gasteiger partial charge in [-0.1, -0.05) is 6.07 Å². The first-order chi connectivity index (χ1) is 13.1. The number of rotatable bonds is 9. The molecule has 2 aliphatic rings. The second kappa shape index (κ2) is 10.8. The van der Waals surface area contributed by atoms with E-state index in [-0.39, 0.29) is 24.1 Å². The van der Waals surface area contributed by atoms with E-state index < -0.39 is 6.61 Å². The maximum atomic E-state index is 12.5. The molecule has 1 aromatic rings. The van der Waals surface area contributed by atoms with Crippen LogP contribution in [0.1, 0.15) is 24.8 Å². The minimum atomic E-state index is -2.89. The zero-order valence-corrected chi connectivity index (χ0v) is 16.9. The molecule has 0 bridgehead atoms. The summed E-state index contributed by atoms with van der Waals surface area (Å²) < 4.78 is 34.6. The number of carbonyl (C=O) groups excluding carboxylic acids is 1. The van der Waals surface area contributed by atoms with Crippen LogP contribution in [-0.2, 0) is 11.3 Å². The van der Waals surface area contributed by atoms with E-state index in [4.69, 9.17) is 4.74 Å². The molecule has 1 amide bonds. The summed E-state index contributed by atoms with van der Waals surface area (Å²) in [5.74, 6) is 0.518. The third-order valence-electron chi connectivity index (χ3n) is 4.98. The van der Waals surface area contributed by atoms with Gasteiger partial charge in [0.1, 0.15) is 0 Å². The lowest BCUT2D eigenvalue weighted by molar-refractivity contribution is -0.132. The van der Waals surface area contributed by atoms with Crippen LogP contribution in [-0.4, -0.2) is 68.2 Å². The number of hydrogen-bond donors (Lipinski definition) is 1. The molecule has 1 N–H and O–H groups in total. The summed E-state index contributed by atoms with van der Waals surface area (Å²) in [5, 5.41) is 3.25. The van der Waals surface area contributed by atoms with Crippen molar-refractivity contribution in [3.8, 4) is 11.5 Å². The smallest absolute Gasteiger partial charge is 0.387 e. The Bertz CT molecular complexity index is 641. The van der Waals surface area contributed by atoms with Crippen molar-refractivity contribution in [2.75, 3.05) is 39.8 Å². The van der Waals surface area contributed by atoms with Gasteiger partial charge in [-0.2, -0.15) is 8.78 Å². The van der Waals surface area contributed by atoms with Gasteiger partial charge in [-0.3, -0.25) is 9.69 Å². The fourth-order valence-electron chi connectivity index (χ4n) is 3.38. The number of halogens is 3. The molecule has 0 atom stereocenters. The standard InChI is InChI=1S/C19H27F2N3O3.ClH/c1-26-17-12-14(2-5-16(17)27-19(20)21)13-24(15-3-4-15)9-6-18(25)23-10-7-22-8-11-23;/h2,5,12,15,19,22H,3-4,6-11,13H2,1H3;1H. The lowest BCUT2D eigenvalue weighted by Gasteiger charge is -2.29. The summed E-state index contributed by atoms with van der Waals surface area (Å²) in [6.07, 6.45) is 2.76. The molecule has 3 rings (SSSR count). The number of benzene rings is 1. The van der Waals surface area contributed by atoms with Crippen molar-refractivity contribution in [2.45, 2.75) is 38.5 Å². The van der Waals surface area contributed by atoms with Gasteiger partial charge >= 0.3 is 6.61 Å². The van der Waals surface area contributed by atoms with Crippen molar-refractivity contribution in [3.05, 3.63) is 23.8 Å². The Morgan fingerprint density at radius 1 is 1.29 bits per heavy atom. The predicted octanol–water partition coefficient (Wildman–Crippen LogP) is 2.50. The fourth-order valence-corrected chi connectivity index (χ4v) is 3.38. The summed E-state index contributed by atoms with van der Waals surface area (Å²) in [6.45, 7) is 1.71. The minimum Gasteiger partial charge on any atom is -0.493 e. The molecule has 1 aromatic carbocycles. The summed E-state index contributed by atoms with van der Waals surface area (Å²) in [7, 11) is 1.43. The van der Waals surface area contributed by atoms with Crippen molar-refractivity contribution in [3.63, 3.8) is 0 Å². The van der Waals surface area contributed by atoms with Crippen LogP contribution in [0, 0.1) is 0 Å². The Hall–Kier alpha value is -1.64. The van der Waals surface area contributed by atoms with Gasteiger partial charge in [0.05, 0.1) is 7.11 Å². The van der Waals surface area contributed by atoms with E-state index in [1.54, 1.807) is 12.1 Å². The molecule has 0 spiro atoms. The summed E-state index contributed by atoms with van der Waals surface area (Å²) >= 11 is 0. The number of methoxy groups -OCH3 is 1. The van der Waals surface area contributed by atoms with E-state index in [0.29, 0.717) is 31.3 Å². The Morgan fingerprint density at radius 2 is 2.00 bits per heavy atom. The Kier molecular flexibility index (Phi) is 8.72. The van der Waals surface area contributed by atoms with E-state index in [9.17, 15) is 13.6 Å². The largest absolute Gasteiger partial charge is 0.493 e. The molecule has 0 unspecified atom stereocenters. The van der Waals surface area contributed by atoms with Gasteiger partial charge < -0.3 is 19.7 Å². The lowest BCUT2D eigenvalue weighted by Crippen LogP contribution is -2.47. The molecule has 2 fully saturated rings. The quantitative estimate of drug-likeness (QED) is 0.666. The number of carbonyl (C=O) groups is 1. The Morgan fingerprint density at radius 3 is 2.61 bits per heavy atom. The summed E-state index contributed by atoms with van der Waals surface area (Å²) in [5.41, 5.74) is 0.954. The van der Waals surface area contributed by atoms with Crippen molar-refractivity contribution in [1.29, 1.82) is 0 Å². The average molecular weight is 420 g/mol. The van der Waals surface area contributed by atoms with E-state index in [0.717, 1.165) is 44.6 Å². The maximum absolute atomic E-state index is 12.5. The molecular weight excluding hydrogens is 392 g/mol. The highest BCUT2D eigenvalue weighted by atomic mass is 35.5. The van der Waals surface area contributed by atoms with Crippen LogP contribution in [0.3, 0.4) is 0 Å². The molecule has 6 nitrogen and oxygen atoms in total. The third kappa shape index (κ3) is 6.46. The number of nitrogens with one attached hydrogen (secondary N) is 1. The Labute approximate surface area is 170 Å². The highest BCUT2D eigenvalue weighted by Crippen LogP contribution is 2.32. The summed E-state index contributed by atoms with van der Waals surface area (Å²) in [4.78, 5) is 16.6. The number of ether oxygens (including phenoxy) is 2. The van der Waals surface area contributed by atoms with Gasteiger partial charge in [0.2, 0.25) is 5.91 Å². The number of alkyl halides is 2. The third-order valence-corrected chi connectivity index (χ3v) is 4.98. The maximum Gasteiger partial charge on any atom is 0.387 e. The highest BCUT2D eigenvalue weighted by Gasteiger charge is 2.30. The van der Waals surface area contributed by atoms with Crippen LogP contribution < -0.4 is 14.8 Å². The molecule has 9 heteroatoms. The van der Waals surface area contributed by atoms with E-state index in [1.165, 1.54) is 13.2 Å². The number of nitrogens with zero attached hydrogens (tertiary/aromatic N) is 2. The van der Waals surface area contributed by atoms with Crippen LogP contribution in [0.25, 0.3) is 0 Å². The van der Waals surface area contributed by atoms with Gasteiger partial charge in [0.25, 0.3) is 0 Å². The van der Waals surface area contributed by atoms with Gasteiger partial charge in [0, 0.05) is 51.7 Å².